The minimum absolute atomic E-state index is 0.0140. The summed E-state index contributed by atoms with van der Waals surface area (Å²) in [5, 5.41) is 0. The maximum absolute atomic E-state index is 13.0. The van der Waals surface area contributed by atoms with Crippen LogP contribution >= 0.6 is 0 Å². The van der Waals surface area contributed by atoms with Crippen molar-refractivity contribution in [3.05, 3.63) is 48.5 Å². The van der Waals surface area contributed by atoms with Gasteiger partial charge in [-0.2, -0.15) is 0 Å². The van der Waals surface area contributed by atoms with Crippen LogP contribution in [0.2, 0.25) is 0 Å². The quantitative estimate of drug-likeness (QED) is 0.435. The van der Waals surface area contributed by atoms with Gasteiger partial charge in [-0.05, 0) is 107 Å². The van der Waals surface area contributed by atoms with Crippen molar-refractivity contribution in [1.82, 2.24) is 9.80 Å². The molecule has 202 valence electrons. The first kappa shape index (κ1) is 27.3. The monoisotopic (exact) mass is 529 g/mol. The average Bonchev–Trinajstić information content (AvgIpc) is 3.45. The Morgan fingerprint density at radius 2 is 1.54 bits per heavy atom. The van der Waals surface area contributed by atoms with E-state index >= 15 is 0 Å². The van der Waals surface area contributed by atoms with Crippen molar-refractivity contribution in [3.8, 4) is 11.5 Å². The Bertz CT molecular complexity index is 1120. The first-order chi connectivity index (χ1) is 17.9. The molecule has 2 aliphatic heterocycles. The van der Waals surface area contributed by atoms with Crippen LogP contribution in [0.15, 0.2) is 53.4 Å². The molecule has 9 heteroatoms. The number of benzene rings is 2. The Balaban J connectivity index is 1.31. The van der Waals surface area contributed by atoms with Crippen molar-refractivity contribution in [2.75, 3.05) is 50.7 Å². The summed E-state index contributed by atoms with van der Waals surface area (Å²) in [5.41, 5.74) is 0.505. The lowest BCUT2D eigenvalue weighted by atomic mass is 9.99. The van der Waals surface area contributed by atoms with Crippen molar-refractivity contribution in [3.63, 3.8) is 0 Å². The van der Waals surface area contributed by atoms with Crippen molar-refractivity contribution < 1.29 is 22.7 Å². The molecule has 0 aliphatic carbocycles. The second-order valence-electron chi connectivity index (χ2n) is 9.73. The normalized spacial score (nSPS) is 18.5. The SMILES string of the molecule is CCOc1ccc(S(=O)(=O)N(C)c2ccc(OCC(=O)N3CCCCC3CCN3CCCC3)cc2)cc1. The molecule has 2 aromatic carbocycles. The summed E-state index contributed by atoms with van der Waals surface area (Å²) >= 11 is 0. The molecule has 4 rings (SSSR count). The zero-order valence-electron chi connectivity index (χ0n) is 22.0. The van der Waals surface area contributed by atoms with Crippen LogP contribution in [0, 0.1) is 0 Å². The van der Waals surface area contributed by atoms with Gasteiger partial charge in [-0.15, -0.1) is 0 Å². The lowest BCUT2D eigenvalue weighted by Gasteiger charge is -2.36. The van der Waals surface area contributed by atoms with E-state index in [4.69, 9.17) is 9.47 Å². The molecule has 0 aromatic heterocycles. The van der Waals surface area contributed by atoms with Crippen molar-refractivity contribution >= 4 is 21.6 Å². The highest BCUT2D eigenvalue weighted by atomic mass is 32.2. The molecule has 8 nitrogen and oxygen atoms in total. The molecular formula is C28H39N3O5S. The second-order valence-corrected chi connectivity index (χ2v) is 11.7. The Labute approximate surface area is 221 Å². The van der Waals surface area contributed by atoms with E-state index in [2.05, 4.69) is 4.90 Å². The van der Waals surface area contributed by atoms with Gasteiger partial charge in [-0.3, -0.25) is 9.10 Å². The predicted molar refractivity (Wildman–Crippen MR) is 145 cm³/mol. The van der Waals surface area contributed by atoms with Crippen molar-refractivity contribution in [1.29, 1.82) is 0 Å². The molecule has 2 fully saturated rings. The lowest BCUT2D eigenvalue weighted by Crippen LogP contribution is -2.47. The number of piperidine rings is 1. The third-order valence-electron chi connectivity index (χ3n) is 7.28. The van der Waals surface area contributed by atoms with E-state index in [1.165, 1.54) is 43.7 Å². The first-order valence-electron chi connectivity index (χ1n) is 13.3. The van der Waals surface area contributed by atoms with Gasteiger partial charge < -0.3 is 19.3 Å². The number of rotatable bonds is 11. The van der Waals surface area contributed by atoms with Crippen LogP contribution in [0.4, 0.5) is 5.69 Å². The fraction of sp³-hybridized carbons (Fsp3) is 0.536. The first-order valence-corrected chi connectivity index (χ1v) is 14.8. The van der Waals surface area contributed by atoms with E-state index in [0.717, 1.165) is 32.4 Å². The van der Waals surface area contributed by atoms with Gasteiger partial charge in [-0.25, -0.2) is 8.42 Å². The number of anilines is 1. The summed E-state index contributed by atoms with van der Waals surface area (Å²) in [6.07, 6.45) is 6.85. The van der Waals surface area contributed by atoms with Gasteiger partial charge in [0.25, 0.3) is 15.9 Å². The highest BCUT2D eigenvalue weighted by Crippen LogP contribution is 2.26. The maximum atomic E-state index is 13.0. The van der Waals surface area contributed by atoms with Gasteiger partial charge in [0.1, 0.15) is 11.5 Å². The van der Waals surface area contributed by atoms with E-state index in [9.17, 15) is 13.2 Å². The number of hydrogen-bond donors (Lipinski definition) is 0. The summed E-state index contributed by atoms with van der Waals surface area (Å²) in [6.45, 7) is 6.59. The number of hydrogen-bond acceptors (Lipinski definition) is 6. The molecule has 0 radical (unpaired) electrons. The lowest BCUT2D eigenvalue weighted by molar-refractivity contribution is -0.137. The van der Waals surface area contributed by atoms with E-state index in [-0.39, 0.29) is 23.5 Å². The van der Waals surface area contributed by atoms with E-state index in [0.29, 0.717) is 23.8 Å². The number of amides is 1. The van der Waals surface area contributed by atoms with Gasteiger partial charge in [-0.1, -0.05) is 0 Å². The van der Waals surface area contributed by atoms with E-state index in [1.807, 2.05) is 11.8 Å². The maximum Gasteiger partial charge on any atom is 0.264 e. The smallest absolute Gasteiger partial charge is 0.264 e. The van der Waals surface area contributed by atoms with Crippen LogP contribution in [-0.2, 0) is 14.8 Å². The van der Waals surface area contributed by atoms with Gasteiger partial charge in [0.15, 0.2) is 6.61 Å². The summed E-state index contributed by atoms with van der Waals surface area (Å²) in [6, 6.07) is 13.4. The minimum Gasteiger partial charge on any atom is -0.494 e. The van der Waals surface area contributed by atoms with Gasteiger partial charge in [0.05, 0.1) is 17.2 Å². The number of nitrogens with zero attached hydrogens (tertiary/aromatic N) is 3. The Morgan fingerprint density at radius 3 is 2.22 bits per heavy atom. The zero-order chi connectivity index (χ0) is 26.3. The highest BCUT2D eigenvalue weighted by Gasteiger charge is 2.28. The van der Waals surface area contributed by atoms with Crippen LogP contribution in [0.5, 0.6) is 11.5 Å². The third-order valence-corrected chi connectivity index (χ3v) is 9.08. The summed E-state index contributed by atoms with van der Waals surface area (Å²) in [7, 11) is -2.20. The number of carbonyl (C=O) groups is 1. The average molecular weight is 530 g/mol. The zero-order valence-corrected chi connectivity index (χ0v) is 22.8. The predicted octanol–water partition coefficient (Wildman–Crippen LogP) is 4.16. The molecule has 2 saturated heterocycles. The van der Waals surface area contributed by atoms with Crippen molar-refractivity contribution in [2.45, 2.75) is 56.4 Å². The fourth-order valence-electron chi connectivity index (χ4n) is 5.12. The molecule has 0 bridgehead atoms. The van der Waals surface area contributed by atoms with Gasteiger partial charge in [0, 0.05) is 26.2 Å². The van der Waals surface area contributed by atoms with Crippen LogP contribution in [0.3, 0.4) is 0 Å². The molecule has 0 spiro atoms. The van der Waals surface area contributed by atoms with E-state index < -0.39 is 10.0 Å². The Morgan fingerprint density at radius 1 is 0.919 bits per heavy atom. The molecule has 1 atom stereocenters. The third kappa shape index (κ3) is 6.96. The van der Waals surface area contributed by atoms with Crippen LogP contribution in [0.25, 0.3) is 0 Å². The summed E-state index contributed by atoms with van der Waals surface area (Å²) < 4.78 is 38.5. The number of ether oxygens (including phenoxy) is 2. The standard InChI is InChI=1S/C28H39N3O5S/c1-3-35-25-13-15-27(16-14-25)37(33,34)29(2)23-9-11-26(12-10-23)36-22-28(32)31-20-5-4-8-24(31)17-21-30-18-6-7-19-30/h9-16,24H,3-8,17-22H2,1-2H3. The van der Waals surface area contributed by atoms with Gasteiger partial charge >= 0.3 is 0 Å². The molecule has 0 N–H and O–H groups in total. The molecule has 1 unspecified atom stereocenters. The summed E-state index contributed by atoms with van der Waals surface area (Å²) in [4.78, 5) is 17.7. The largest absolute Gasteiger partial charge is 0.494 e. The molecule has 0 saturated carbocycles. The van der Waals surface area contributed by atoms with Crippen molar-refractivity contribution in [2.24, 2.45) is 0 Å². The molecule has 2 heterocycles. The number of sulfonamides is 1. The number of likely N-dealkylation sites (tertiary alicyclic amines) is 2. The highest BCUT2D eigenvalue weighted by molar-refractivity contribution is 7.92. The molecular weight excluding hydrogens is 490 g/mol. The molecule has 37 heavy (non-hydrogen) atoms. The number of carbonyl (C=O) groups excluding carboxylic acids is 1. The Kier molecular flexibility index (Phi) is 9.32. The minimum atomic E-state index is -3.72. The topological polar surface area (TPSA) is 79.4 Å². The molecule has 2 aliphatic rings. The summed E-state index contributed by atoms with van der Waals surface area (Å²) in [5.74, 6) is 1.18. The molecule has 1 amide bonds. The Hall–Kier alpha value is -2.78. The van der Waals surface area contributed by atoms with Crippen LogP contribution in [-0.4, -0.2) is 76.6 Å². The van der Waals surface area contributed by atoms with Gasteiger partial charge in [0.2, 0.25) is 0 Å². The fourth-order valence-corrected chi connectivity index (χ4v) is 6.31. The van der Waals surface area contributed by atoms with Crippen LogP contribution < -0.4 is 13.8 Å². The van der Waals surface area contributed by atoms with Crippen LogP contribution in [0.1, 0.15) is 45.4 Å². The van der Waals surface area contributed by atoms with E-state index in [1.54, 1.807) is 48.5 Å². The second kappa shape index (κ2) is 12.6. The molecule has 2 aromatic rings.